The Morgan fingerprint density at radius 2 is 1.90 bits per heavy atom. The molecule has 0 amide bonds. The van der Waals surface area contributed by atoms with E-state index in [1.807, 2.05) is 18.2 Å². The van der Waals surface area contributed by atoms with Crippen LogP contribution in [0.15, 0.2) is 45.3 Å². The molecule has 0 aromatic heterocycles. The molecule has 0 aliphatic heterocycles. The Hall–Kier alpha value is -0.920. The van der Waals surface area contributed by atoms with Gasteiger partial charge in [-0.05, 0) is 46.3 Å². The molecule has 0 bridgehead atoms. The van der Waals surface area contributed by atoms with Crippen molar-refractivity contribution >= 4 is 53.5 Å². The van der Waals surface area contributed by atoms with Gasteiger partial charge in [-0.3, -0.25) is 10.1 Å². The van der Waals surface area contributed by atoms with Gasteiger partial charge in [0.05, 0.1) is 9.40 Å². The quantitative estimate of drug-likeness (QED) is 0.325. The third-order valence-electron chi connectivity index (χ3n) is 2.51. The van der Waals surface area contributed by atoms with Crippen molar-refractivity contribution in [3.63, 3.8) is 0 Å². The Labute approximate surface area is 140 Å². The molecule has 0 unspecified atom stereocenters. The molecule has 0 aliphatic rings. The Bertz CT molecular complexity index is 661. The lowest BCUT2D eigenvalue weighted by Crippen LogP contribution is -1.94. The number of rotatable bonds is 4. The average molecular weight is 466 g/mol. The summed E-state index contributed by atoms with van der Waals surface area (Å²) in [5, 5.41) is 11.3. The van der Waals surface area contributed by atoms with Crippen LogP contribution in [-0.4, -0.2) is 4.92 Å². The summed E-state index contributed by atoms with van der Waals surface area (Å²) < 4.78 is 7.46. The van der Waals surface area contributed by atoms with Crippen molar-refractivity contribution in [1.82, 2.24) is 0 Å². The Balaban J connectivity index is 2.32. The van der Waals surface area contributed by atoms with E-state index in [0.717, 1.165) is 8.95 Å². The van der Waals surface area contributed by atoms with Crippen LogP contribution in [0, 0.1) is 10.1 Å². The maximum absolute atomic E-state index is 10.9. The monoisotopic (exact) mass is 463 g/mol. The molecule has 2 aromatic carbocycles. The van der Waals surface area contributed by atoms with Crippen molar-refractivity contribution in [3.05, 3.63) is 61.0 Å². The molecule has 4 nitrogen and oxygen atoms in total. The smallest absolute Gasteiger partial charge is 0.273 e. The van der Waals surface area contributed by atoms with Crippen LogP contribution in [0.25, 0.3) is 0 Å². The fourth-order valence-electron chi connectivity index (χ4n) is 1.60. The molecule has 0 saturated heterocycles. The number of nitrogens with zero attached hydrogens (tertiary/aromatic N) is 1. The first-order valence-electron chi connectivity index (χ1n) is 5.47. The SMILES string of the molecule is O=[N+]([O-])c1ccc(Oc2ccc(Br)cc2Br)cc1CBr. The standard InChI is InChI=1S/C13H8Br3NO3/c14-7-8-5-10(2-3-12(8)17(18)19)20-13-4-1-9(15)6-11(13)16/h1-6H,7H2. The molecule has 0 spiro atoms. The van der Waals surface area contributed by atoms with Gasteiger partial charge in [-0.1, -0.05) is 31.9 Å². The molecule has 7 heteroatoms. The van der Waals surface area contributed by atoms with Crippen molar-refractivity contribution < 1.29 is 9.66 Å². The highest BCUT2D eigenvalue weighted by Crippen LogP contribution is 2.34. The zero-order chi connectivity index (χ0) is 14.7. The number of halogens is 3. The van der Waals surface area contributed by atoms with E-state index in [1.165, 1.54) is 6.07 Å². The number of alkyl halides is 1. The molecule has 0 atom stereocenters. The topological polar surface area (TPSA) is 52.4 Å². The highest BCUT2D eigenvalue weighted by molar-refractivity contribution is 9.11. The van der Waals surface area contributed by atoms with E-state index >= 15 is 0 Å². The van der Waals surface area contributed by atoms with Gasteiger partial charge < -0.3 is 4.74 Å². The second kappa shape index (κ2) is 6.69. The molecule has 0 heterocycles. The number of nitro groups is 1. The van der Waals surface area contributed by atoms with Gasteiger partial charge in [-0.2, -0.15) is 0 Å². The van der Waals surface area contributed by atoms with Crippen LogP contribution in [0.1, 0.15) is 5.56 Å². The van der Waals surface area contributed by atoms with Gasteiger partial charge >= 0.3 is 0 Å². The Morgan fingerprint density at radius 3 is 2.50 bits per heavy atom. The number of hydrogen-bond acceptors (Lipinski definition) is 3. The first-order chi connectivity index (χ1) is 9.51. The molecule has 0 saturated carbocycles. The van der Waals surface area contributed by atoms with Crippen molar-refractivity contribution in [2.75, 3.05) is 0 Å². The van der Waals surface area contributed by atoms with Gasteiger partial charge in [0.15, 0.2) is 0 Å². The van der Waals surface area contributed by atoms with E-state index in [1.54, 1.807) is 12.1 Å². The number of ether oxygens (including phenoxy) is 1. The highest BCUT2D eigenvalue weighted by Gasteiger charge is 2.14. The van der Waals surface area contributed by atoms with Crippen LogP contribution < -0.4 is 4.74 Å². The normalized spacial score (nSPS) is 10.3. The third kappa shape index (κ3) is 3.59. The number of benzene rings is 2. The summed E-state index contributed by atoms with van der Waals surface area (Å²) >= 11 is 10.0. The van der Waals surface area contributed by atoms with E-state index < -0.39 is 4.92 Å². The van der Waals surface area contributed by atoms with Gasteiger partial charge in [0, 0.05) is 21.4 Å². The van der Waals surface area contributed by atoms with Gasteiger partial charge in [-0.25, -0.2) is 0 Å². The maximum atomic E-state index is 10.9. The third-order valence-corrected chi connectivity index (χ3v) is 4.23. The Kier molecular flexibility index (Phi) is 5.17. The fourth-order valence-corrected chi connectivity index (χ4v) is 3.17. The Morgan fingerprint density at radius 1 is 1.15 bits per heavy atom. The minimum atomic E-state index is -0.407. The minimum absolute atomic E-state index is 0.0732. The highest BCUT2D eigenvalue weighted by atomic mass is 79.9. The molecular formula is C13H8Br3NO3. The second-order valence-corrected chi connectivity index (χ2v) is 6.19. The summed E-state index contributed by atoms with van der Waals surface area (Å²) in [7, 11) is 0. The minimum Gasteiger partial charge on any atom is -0.456 e. The van der Waals surface area contributed by atoms with Crippen molar-refractivity contribution in [2.24, 2.45) is 0 Å². The van der Waals surface area contributed by atoms with Gasteiger partial charge in [0.1, 0.15) is 11.5 Å². The summed E-state index contributed by atoms with van der Waals surface area (Å²) in [6.07, 6.45) is 0. The molecule has 2 rings (SSSR count). The van der Waals surface area contributed by atoms with Crippen molar-refractivity contribution in [1.29, 1.82) is 0 Å². The van der Waals surface area contributed by atoms with Crippen LogP contribution in [0.5, 0.6) is 11.5 Å². The second-order valence-electron chi connectivity index (χ2n) is 3.86. The van der Waals surface area contributed by atoms with Gasteiger partial charge in [0.25, 0.3) is 5.69 Å². The average Bonchev–Trinajstić information content (AvgIpc) is 2.41. The predicted molar refractivity (Wildman–Crippen MR) is 87.6 cm³/mol. The van der Waals surface area contributed by atoms with Crippen molar-refractivity contribution in [3.8, 4) is 11.5 Å². The summed E-state index contributed by atoms with van der Waals surface area (Å²) in [6.45, 7) is 0. The van der Waals surface area contributed by atoms with E-state index in [2.05, 4.69) is 47.8 Å². The molecule has 2 aromatic rings. The van der Waals surface area contributed by atoms with Gasteiger partial charge in [-0.15, -0.1) is 0 Å². The van der Waals surface area contributed by atoms with Crippen LogP contribution >= 0.6 is 47.8 Å². The summed E-state index contributed by atoms with van der Waals surface area (Å²) in [6, 6.07) is 10.2. The molecule has 0 fully saturated rings. The van der Waals surface area contributed by atoms with E-state index in [0.29, 0.717) is 22.4 Å². The fraction of sp³-hybridized carbons (Fsp3) is 0.0769. The number of nitro benzene ring substituents is 1. The summed E-state index contributed by atoms with van der Waals surface area (Å²) in [4.78, 5) is 10.5. The first-order valence-corrected chi connectivity index (χ1v) is 8.18. The largest absolute Gasteiger partial charge is 0.456 e. The lowest BCUT2D eigenvalue weighted by atomic mass is 10.2. The number of hydrogen-bond donors (Lipinski definition) is 0. The van der Waals surface area contributed by atoms with E-state index in [9.17, 15) is 10.1 Å². The zero-order valence-electron chi connectivity index (χ0n) is 9.98. The lowest BCUT2D eigenvalue weighted by molar-refractivity contribution is -0.385. The molecule has 0 N–H and O–H groups in total. The van der Waals surface area contributed by atoms with E-state index in [-0.39, 0.29) is 5.69 Å². The first kappa shape index (κ1) is 15.5. The predicted octanol–water partition coefficient (Wildman–Crippen LogP) is 5.81. The summed E-state index contributed by atoms with van der Waals surface area (Å²) in [5.41, 5.74) is 0.643. The van der Waals surface area contributed by atoms with E-state index in [4.69, 9.17) is 4.74 Å². The molecular weight excluding hydrogens is 458 g/mol. The van der Waals surface area contributed by atoms with Crippen molar-refractivity contribution in [2.45, 2.75) is 5.33 Å². The van der Waals surface area contributed by atoms with Gasteiger partial charge in [0.2, 0.25) is 0 Å². The molecule has 20 heavy (non-hydrogen) atoms. The van der Waals surface area contributed by atoms with Crippen LogP contribution in [0.4, 0.5) is 5.69 Å². The van der Waals surface area contributed by atoms with Crippen LogP contribution in [0.2, 0.25) is 0 Å². The van der Waals surface area contributed by atoms with Crippen LogP contribution in [-0.2, 0) is 5.33 Å². The molecule has 0 radical (unpaired) electrons. The summed E-state index contributed by atoms with van der Waals surface area (Å²) in [5.74, 6) is 1.19. The molecule has 104 valence electrons. The van der Waals surface area contributed by atoms with Crippen LogP contribution in [0.3, 0.4) is 0 Å². The maximum Gasteiger partial charge on any atom is 0.273 e. The lowest BCUT2D eigenvalue weighted by Gasteiger charge is -2.09. The molecule has 0 aliphatic carbocycles. The zero-order valence-corrected chi connectivity index (χ0v) is 14.7.